The average Bonchev–Trinajstić information content (AvgIpc) is 2.40. The molecule has 0 bridgehead atoms. The van der Waals surface area contributed by atoms with Gasteiger partial charge < -0.3 is 4.74 Å². The first-order valence-corrected chi connectivity index (χ1v) is 7.43. The summed E-state index contributed by atoms with van der Waals surface area (Å²) in [6.07, 6.45) is 6.82. The molecule has 0 aliphatic heterocycles. The molecule has 1 rings (SSSR count). The molecule has 0 saturated carbocycles. The van der Waals surface area contributed by atoms with E-state index in [4.69, 9.17) is 16.3 Å². The number of esters is 1. The molecule has 0 fully saturated rings. The summed E-state index contributed by atoms with van der Waals surface area (Å²) >= 11 is 6.07. The van der Waals surface area contributed by atoms with E-state index in [2.05, 4.69) is 6.08 Å². The summed E-state index contributed by atoms with van der Waals surface area (Å²) in [5.74, 6) is -0.116. The maximum absolute atomic E-state index is 11.7. The van der Waals surface area contributed by atoms with Crippen LogP contribution >= 0.6 is 11.6 Å². The fourth-order valence-electron chi connectivity index (χ4n) is 1.91. The van der Waals surface area contributed by atoms with Gasteiger partial charge in [0.1, 0.15) is 0 Å². The van der Waals surface area contributed by atoms with Crippen molar-refractivity contribution in [2.75, 3.05) is 6.61 Å². The Morgan fingerprint density at radius 2 is 2.05 bits per heavy atom. The predicted octanol–water partition coefficient (Wildman–Crippen LogP) is 5.11. The highest BCUT2D eigenvalue weighted by molar-refractivity contribution is 6.32. The van der Waals surface area contributed by atoms with Crippen molar-refractivity contribution in [1.29, 1.82) is 0 Å². The maximum atomic E-state index is 11.7. The number of hydrogen-bond acceptors (Lipinski definition) is 2. The van der Waals surface area contributed by atoms with Gasteiger partial charge in [0, 0.05) is 5.02 Å². The van der Waals surface area contributed by atoms with Gasteiger partial charge in [-0.1, -0.05) is 42.0 Å². The van der Waals surface area contributed by atoms with E-state index < -0.39 is 5.41 Å². The lowest BCUT2D eigenvalue weighted by atomic mass is 9.87. The SMILES string of the molecule is CCOC(=O)C(C)(C)CCCC=Cc1ccccc1Cl. The number of allylic oxidation sites excluding steroid dienone is 1. The van der Waals surface area contributed by atoms with Crippen LogP contribution in [0.15, 0.2) is 30.3 Å². The summed E-state index contributed by atoms with van der Waals surface area (Å²) in [6.45, 7) is 6.14. The minimum atomic E-state index is -0.408. The van der Waals surface area contributed by atoms with Crippen molar-refractivity contribution in [1.82, 2.24) is 0 Å². The van der Waals surface area contributed by atoms with Crippen LogP contribution in [0.1, 0.15) is 45.6 Å². The van der Waals surface area contributed by atoms with E-state index in [0.717, 1.165) is 29.8 Å². The van der Waals surface area contributed by atoms with E-state index in [9.17, 15) is 4.79 Å². The smallest absolute Gasteiger partial charge is 0.311 e. The number of ether oxygens (including phenoxy) is 1. The van der Waals surface area contributed by atoms with Gasteiger partial charge >= 0.3 is 5.97 Å². The van der Waals surface area contributed by atoms with Crippen LogP contribution in [0.3, 0.4) is 0 Å². The molecule has 20 heavy (non-hydrogen) atoms. The number of carbonyl (C=O) groups excluding carboxylic acids is 1. The molecule has 1 aromatic rings. The Bertz CT molecular complexity index is 464. The lowest BCUT2D eigenvalue weighted by Crippen LogP contribution is -2.26. The molecule has 0 spiro atoms. The Hall–Kier alpha value is -1.28. The number of unbranched alkanes of at least 4 members (excludes halogenated alkanes) is 1. The minimum Gasteiger partial charge on any atom is -0.466 e. The summed E-state index contributed by atoms with van der Waals surface area (Å²) in [6, 6.07) is 7.75. The van der Waals surface area contributed by atoms with Crippen LogP contribution in [0, 0.1) is 5.41 Å². The highest BCUT2D eigenvalue weighted by Crippen LogP contribution is 2.25. The molecule has 0 saturated heterocycles. The Morgan fingerprint density at radius 3 is 2.70 bits per heavy atom. The van der Waals surface area contributed by atoms with Crippen LogP contribution in [0.4, 0.5) is 0 Å². The van der Waals surface area contributed by atoms with E-state index in [-0.39, 0.29) is 5.97 Å². The quantitative estimate of drug-likeness (QED) is 0.516. The number of rotatable bonds is 7. The molecule has 0 aliphatic carbocycles. The van der Waals surface area contributed by atoms with Gasteiger partial charge in [0.2, 0.25) is 0 Å². The van der Waals surface area contributed by atoms with Crippen molar-refractivity contribution >= 4 is 23.6 Å². The molecule has 2 nitrogen and oxygen atoms in total. The van der Waals surface area contributed by atoms with E-state index in [1.807, 2.05) is 51.1 Å². The van der Waals surface area contributed by atoms with E-state index in [1.54, 1.807) is 0 Å². The topological polar surface area (TPSA) is 26.3 Å². The Morgan fingerprint density at radius 1 is 1.35 bits per heavy atom. The number of halogens is 1. The van der Waals surface area contributed by atoms with Crippen molar-refractivity contribution in [2.45, 2.75) is 40.0 Å². The molecule has 0 aromatic heterocycles. The highest BCUT2D eigenvalue weighted by Gasteiger charge is 2.28. The molecule has 0 aliphatic rings. The normalized spacial score (nSPS) is 11.8. The first kappa shape index (κ1) is 16.8. The van der Waals surface area contributed by atoms with Gasteiger partial charge in [0.05, 0.1) is 12.0 Å². The van der Waals surface area contributed by atoms with Crippen molar-refractivity contribution < 1.29 is 9.53 Å². The van der Waals surface area contributed by atoms with Crippen LogP contribution in [-0.2, 0) is 9.53 Å². The fourth-order valence-corrected chi connectivity index (χ4v) is 2.11. The minimum absolute atomic E-state index is 0.116. The monoisotopic (exact) mass is 294 g/mol. The van der Waals surface area contributed by atoms with Crippen molar-refractivity contribution in [2.24, 2.45) is 5.41 Å². The van der Waals surface area contributed by atoms with E-state index in [1.165, 1.54) is 0 Å². The standard InChI is InChI=1S/C17H23ClO2/c1-4-20-16(19)17(2,3)13-9-5-6-10-14-11-7-8-12-15(14)18/h6-8,10-12H,4-5,9,13H2,1-3H3. The third kappa shape index (κ3) is 5.38. The molecular weight excluding hydrogens is 272 g/mol. The van der Waals surface area contributed by atoms with E-state index >= 15 is 0 Å². The molecule has 0 amide bonds. The number of hydrogen-bond donors (Lipinski definition) is 0. The van der Waals surface area contributed by atoms with Gasteiger partial charge in [-0.3, -0.25) is 4.79 Å². The third-order valence-electron chi connectivity index (χ3n) is 3.20. The van der Waals surface area contributed by atoms with Gasteiger partial charge in [-0.05, 0) is 51.7 Å². The summed E-state index contributed by atoms with van der Waals surface area (Å²) in [5.41, 5.74) is 0.618. The fraction of sp³-hybridized carbons (Fsp3) is 0.471. The van der Waals surface area contributed by atoms with Crippen molar-refractivity contribution in [3.8, 4) is 0 Å². The second kappa shape index (κ2) is 8.11. The third-order valence-corrected chi connectivity index (χ3v) is 3.55. The van der Waals surface area contributed by atoms with E-state index in [0.29, 0.717) is 6.61 Å². The number of benzene rings is 1. The largest absolute Gasteiger partial charge is 0.466 e. The average molecular weight is 295 g/mol. The molecule has 0 heterocycles. The molecule has 0 unspecified atom stereocenters. The zero-order valence-corrected chi connectivity index (χ0v) is 13.2. The van der Waals surface area contributed by atoms with Crippen LogP contribution in [0.2, 0.25) is 5.02 Å². The lowest BCUT2D eigenvalue weighted by Gasteiger charge is -2.21. The highest BCUT2D eigenvalue weighted by atomic mass is 35.5. The van der Waals surface area contributed by atoms with Gasteiger partial charge in [-0.15, -0.1) is 0 Å². The van der Waals surface area contributed by atoms with Crippen LogP contribution < -0.4 is 0 Å². The summed E-state index contributed by atoms with van der Waals surface area (Å²) in [5, 5.41) is 0.760. The predicted molar refractivity (Wildman–Crippen MR) is 84.8 cm³/mol. The molecule has 0 atom stereocenters. The Labute approximate surface area is 126 Å². The van der Waals surface area contributed by atoms with Gasteiger partial charge in [-0.25, -0.2) is 0 Å². The molecule has 0 radical (unpaired) electrons. The Balaban J connectivity index is 2.38. The number of carbonyl (C=O) groups is 1. The summed E-state index contributed by atoms with van der Waals surface area (Å²) < 4.78 is 5.07. The van der Waals surface area contributed by atoms with Crippen LogP contribution in [0.25, 0.3) is 6.08 Å². The maximum Gasteiger partial charge on any atom is 0.311 e. The molecule has 3 heteroatoms. The molecule has 1 aromatic carbocycles. The van der Waals surface area contributed by atoms with Crippen molar-refractivity contribution in [3.63, 3.8) is 0 Å². The van der Waals surface area contributed by atoms with Gasteiger partial charge in [-0.2, -0.15) is 0 Å². The zero-order valence-electron chi connectivity index (χ0n) is 12.5. The molecule has 110 valence electrons. The molecule has 0 N–H and O–H groups in total. The summed E-state index contributed by atoms with van der Waals surface area (Å²) in [4.78, 5) is 11.7. The van der Waals surface area contributed by atoms with Gasteiger partial charge in [0.25, 0.3) is 0 Å². The summed E-state index contributed by atoms with van der Waals surface area (Å²) in [7, 11) is 0. The van der Waals surface area contributed by atoms with Crippen molar-refractivity contribution in [3.05, 3.63) is 40.9 Å². The van der Waals surface area contributed by atoms with Crippen LogP contribution in [-0.4, -0.2) is 12.6 Å². The van der Waals surface area contributed by atoms with Crippen LogP contribution in [0.5, 0.6) is 0 Å². The second-order valence-corrected chi connectivity index (χ2v) is 5.83. The zero-order chi connectivity index (χ0) is 15.0. The first-order chi connectivity index (χ1) is 9.47. The first-order valence-electron chi connectivity index (χ1n) is 7.05. The van der Waals surface area contributed by atoms with Gasteiger partial charge in [0.15, 0.2) is 0 Å². The Kier molecular flexibility index (Phi) is 6.80. The second-order valence-electron chi connectivity index (χ2n) is 5.42. The lowest BCUT2D eigenvalue weighted by molar-refractivity contribution is -0.153. The molecular formula is C17H23ClO2.